The Morgan fingerprint density at radius 3 is 2.43 bits per heavy atom. The molecule has 0 aliphatic carbocycles. The molecule has 1 heterocycles. The van der Waals surface area contributed by atoms with Crippen LogP contribution in [0.1, 0.15) is 13.3 Å². The van der Waals surface area contributed by atoms with Crippen molar-refractivity contribution in [3.63, 3.8) is 0 Å². The van der Waals surface area contributed by atoms with E-state index in [1.54, 1.807) is 12.1 Å². The van der Waals surface area contributed by atoms with Gasteiger partial charge in [0.2, 0.25) is 0 Å². The number of hydrogen-bond acceptors (Lipinski definition) is 4. The lowest BCUT2D eigenvalue weighted by Gasteiger charge is -2.18. The van der Waals surface area contributed by atoms with Crippen LogP contribution in [0.5, 0.6) is 5.75 Å². The summed E-state index contributed by atoms with van der Waals surface area (Å²) in [5.74, 6) is 0.296. The molecule has 1 aromatic heterocycles. The van der Waals surface area contributed by atoms with Gasteiger partial charge in [0.15, 0.2) is 6.10 Å². The van der Waals surface area contributed by atoms with Crippen molar-refractivity contribution in [1.82, 2.24) is 9.13 Å². The van der Waals surface area contributed by atoms with E-state index >= 15 is 0 Å². The number of benzene rings is 1. The van der Waals surface area contributed by atoms with E-state index in [-0.39, 0.29) is 5.82 Å². The Kier molecular flexibility index (Phi) is 5.00. The molecular formula is C16H19N3O4. The summed E-state index contributed by atoms with van der Waals surface area (Å²) in [5.41, 5.74) is -0.995. The van der Waals surface area contributed by atoms with E-state index in [0.29, 0.717) is 12.2 Å². The summed E-state index contributed by atoms with van der Waals surface area (Å²) in [4.78, 5) is 35.9. The summed E-state index contributed by atoms with van der Waals surface area (Å²) in [6, 6.07) is 10.2. The molecular weight excluding hydrogens is 298 g/mol. The van der Waals surface area contributed by atoms with Gasteiger partial charge in [0.1, 0.15) is 11.6 Å². The number of carbonyl (C=O) groups is 1. The normalized spacial score (nSPS) is 11.8. The highest BCUT2D eigenvalue weighted by Gasteiger charge is 2.20. The standard InChI is InChI=1S/C16H19N3O4/c1-4-12(23-11-8-6-5-7-9-11)15(21)17-13-10-14(20)19(3)16(22)18(13)2/h5-10,12H,4H2,1-3H3,(H,17,21). The Labute approximate surface area is 133 Å². The largest absolute Gasteiger partial charge is 0.481 e. The zero-order valence-electron chi connectivity index (χ0n) is 13.3. The van der Waals surface area contributed by atoms with Crippen LogP contribution in [0.25, 0.3) is 0 Å². The average molecular weight is 317 g/mol. The fourth-order valence-corrected chi connectivity index (χ4v) is 2.05. The third-order valence-electron chi connectivity index (χ3n) is 3.46. The predicted molar refractivity (Wildman–Crippen MR) is 86.7 cm³/mol. The van der Waals surface area contributed by atoms with Crippen molar-refractivity contribution >= 4 is 11.7 Å². The summed E-state index contributed by atoms with van der Waals surface area (Å²) in [5, 5.41) is 2.58. The summed E-state index contributed by atoms with van der Waals surface area (Å²) >= 11 is 0. The maximum absolute atomic E-state index is 12.3. The third kappa shape index (κ3) is 3.68. The highest BCUT2D eigenvalue weighted by molar-refractivity contribution is 5.93. The highest BCUT2D eigenvalue weighted by Crippen LogP contribution is 2.13. The van der Waals surface area contributed by atoms with Gasteiger partial charge in [-0.05, 0) is 18.6 Å². The molecule has 2 rings (SSSR count). The van der Waals surface area contributed by atoms with Crippen LogP contribution in [-0.2, 0) is 18.9 Å². The Morgan fingerprint density at radius 1 is 1.17 bits per heavy atom. The fourth-order valence-electron chi connectivity index (χ4n) is 2.05. The monoisotopic (exact) mass is 317 g/mol. The number of anilines is 1. The van der Waals surface area contributed by atoms with Crippen molar-refractivity contribution < 1.29 is 9.53 Å². The van der Waals surface area contributed by atoms with Gasteiger partial charge in [0.25, 0.3) is 11.5 Å². The van der Waals surface area contributed by atoms with Crippen LogP contribution in [0.15, 0.2) is 46.0 Å². The number of carbonyl (C=O) groups excluding carboxylic acids is 1. The number of nitrogens with zero attached hydrogens (tertiary/aromatic N) is 2. The Morgan fingerprint density at radius 2 is 1.83 bits per heavy atom. The molecule has 0 fully saturated rings. The number of ether oxygens (including phenoxy) is 1. The molecule has 1 atom stereocenters. The highest BCUT2D eigenvalue weighted by atomic mass is 16.5. The molecule has 1 amide bonds. The summed E-state index contributed by atoms with van der Waals surface area (Å²) in [6.07, 6.45) is -0.281. The lowest BCUT2D eigenvalue weighted by atomic mass is 10.2. The maximum Gasteiger partial charge on any atom is 0.332 e. The average Bonchev–Trinajstić information content (AvgIpc) is 2.56. The van der Waals surface area contributed by atoms with E-state index in [2.05, 4.69) is 5.32 Å². The molecule has 0 saturated heterocycles. The van der Waals surface area contributed by atoms with Gasteiger partial charge < -0.3 is 10.1 Å². The Hall–Kier alpha value is -2.83. The van der Waals surface area contributed by atoms with Crippen molar-refractivity contribution in [1.29, 1.82) is 0 Å². The molecule has 0 spiro atoms. The minimum atomic E-state index is -0.725. The molecule has 1 unspecified atom stereocenters. The van der Waals surface area contributed by atoms with E-state index in [1.807, 2.05) is 25.1 Å². The van der Waals surface area contributed by atoms with Crippen molar-refractivity contribution in [2.45, 2.75) is 19.4 Å². The first-order valence-corrected chi connectivity index (χ1v) is 7.23. The van der Waals surface area contributed by atoms with Gasteiger partial charge in [-0.15, -0.1) is 0 Å². The van der Waals surface area contributed by atoms with E-state index in [9.17, 15) is 14.4 Å². The lowest BCUT2D eigenvalue weighted by Crippen LogP contribution is -2.40. The molecule has 1 aromatic carbocycles. The molecule has 122 valence electrons. The Balaban J connectivity index is 2.20. The fraction of sp³-hybridized carbons (Fsp3) is 0.312. The third-order valence-corrected chi connectivity index (χ3v) is 3.46. The summed E-state index contributed by atoms with van der Waals surface area (Å²) in [7, 11) is 2.86. The number of aromatic nitrogens is 2. The number of para-hydroxylation sites is 1. The van der Waals surface area contributed by atoms with Gasteiger partial charge in [-0.3, -0.25) is 18.7 Å². The van der Waals surface area contributed by atoms with Crippen LogP contribution in [-0.4, -0.2) is 21.1 Å². The van der Waals surface area contributed by atoms with Gasteiger partial charge in [-0.1, -0.05) is 25.1 Å². The zero-order chi connectivity index (χ0) is 17.0. The van der Waals surface area contributed by atoms with Crippen LogP contribution in [0, 0.1) is 0 Å². The predicted octanol–water partition coefficient (Wildman–Crippen LogP) is 0.880. The lowest BCUT2D eigenvalue weighted by molar-refractivity contribution is -0.122. The minimum Gasteiger partial charge on any atom is -0.481 e. The zero-order valence-corrected chi connectivity index (χ0v) is 13.3. The minimum absolute atomic E-state index is 0.137. The smallest absolute Gasteiger partial charge is 0.332 e. The maximum atomic E-state index is 12.3. The van der Waals surface area contributed by atoms with E-state index in [4.69, 9.17) is 4.74 Å². The molecule has 0 radical (unpaired) electrons. The van der Waals surface area contributed by atoms with Crippen LogP contribution in [0.3, 0.4) is 0 Å². The van der Waals surface area contributed by atoms with Crippen LogP contribution < -0.4 is 21.3 Å². The van der Waals surface area contributed by atoms with Gasteiger partial charge >= 0.3 is 5.69 Å². The van der Waals surface area contributed by atoms with E-state index in [0.717, 1.165) is 4.57 Å². The molecule has 0 aliphatic rings. The van der Waals surface area contributed by atoms with Crippen molar-refractivity contribution in [3.8, 4) is 5.75 Å². The second-order valence-electron chi connectivity index (χ2n) is 5.09. The first kappa shape index (κ1) is 16.5. The van der Waals surface area contributed by atoms with E-state index < -0.39 is 23.3 Å². The van der Waals surface area contributed by atoms with Gasteiger partial charge in [-0.25, -0.2) is 4.79 Å². The summed E-state index contributed by atoms with van der Waals surface area (Å²) in [6.45, 7) is 1.82. The van der Waals surface area contributed by atoms with Crippen LogP contribution >= 0.6 is 0 Å². The molecule has 0 aliphatic heterocycles. The van der Waals surface area contributed by atoms with Crippen LogP contribution in [0.2, 0.25) is 0 Å². The van der Waals surface area contributed by atoms with Gasteiger partial charge in [0, 0.05) is 20.2 Å². The number of hydrogen-bond donors (Lipinski definition) is 1. The first-order valence-electron chi connectivity index (χ1n) is 7.23. The van der Waals surface area contributed by atoms with Gasteiger partial charge in [0.05, 0.1) is 0 Å². The quantitative estimate of drug-likeness (QED) is 0.887. The molecule has 0 saturated carbocycles. The second-order valence-corrected chi connectivity index (χ2v) is 5.09. The van der Waals surface area contributed by atoms with Gasteiger partial charge in [-0.2, -0.15) is 0 Å². The summed E-state index contributed by atoms with van der Waals surface area (Å²) < 4.78 is 7.81. The molecule has 7 nitrogen and oxygen atoms in total. The first-order chi connectivity index (χ1) is 10.9. The topological polar surface area (TPSA) is 82.3 Å². The van der Waals surface area contributed by atoms with Crippen LogP contribution in [0.4, 0.5) is 5.82 Å². The molecule has 2 aromatic rings. The molecule has 7 heteroatoms. The molecule has 1 N–H and O–H groups in total. The molecule has 0 bridgehead atoms. The van der Waals surface area contributed by atoms with Crippen molar-refractivity contribution in [2.24, 2.45) is 14.1 Å². The van der Waals surface area contributed by atoms with Crippen molar-refractivity contribution in [2.75, 3.05) is 5.32 Å². The SMILES string of the molecule is CCC(Oc1ccccc1)C(=O)Nc1cc(=O)n(C)c(=O)n1C. The number of amides is 1. The number of rotatable bonds is 5. The number of nitrogens with one attached hydrogen (secondary N) is 1. The van der Waals surface area contributed by atoms with Crippen molar-refractivity contribution in [3.05, 3.63) is 57.2 Å². The Bertz CT molecular complexity index is 808. The second kappa shape index (κ2) is 6.95. The van der Waals surface area contributed by atoms with E-state index in [1.165, 1.54) is 24.7 Å². The molecule has 23 heavy (non-hydrogen) atoms.